The highest BCUT2D eigenvalue weighted by Crippen LogP contribution is 2.35. The summed E-state index contributed by atoms with van der Waals surface area (Å²) in [6, 6.07) is 13.1. The van der Waals surface area contributed by atoms with Crippen LogP contribution in [0.2, 0.25) is 0 Å². The number of nitrogens with zero attached hydrogens (tertiary/aromatic N) is 2. The minimum Gasteiger partial charge on any atom is -0.443 e. The summed E-state index contributed by atoms with van der Waals surface area (Å²) in [6.07, 6.45) is 0.727. The van der Waals surface area contributed by atoms with Crippen LogP contribution >= 0.6 is 0 Å². The Morgan fingerprint density at radius 1 is 1.17 bits per heavy atom. The van der Waals surface area contributed by atoms with E-state index in [1.807, 2.05) is 63.1 Å². The fourth-order valence-electron chi connectivity index (χ4n) is 6.28. The van der Waals surface area contributed by atoms with Crippen LogP contribution in [0.1, 0.15) is 44.7 Å². The summed E-state index contributed by atoms with van der Waals surface area (Å²) in [7, 11) is -2.27. The summed E-state index contributed by atoms with van der Waals surface area (Å²) < 4.78 is 46.5. The molecule has 3 N–H and O–H groups in total. The second-order valence-corrected chi connectivity index (χ2v) is 14.8. The van der Waals surface area contributed by atoms with Gasteiger partial charge in [0.25, 0.3) is 5.91 Å². The molecule has 0 aromatic heterocycles. The van der Waals surface area contributed by atoms with Crippen molar-refractivity contribution in [3.05, 3.63) is 65.9 Å². The normalized spacial score (nSPS) is 22.7. The molecule has 3 aliphatic rings. The molecule has 0 radical (unpaired) electrons. The number of anilines is 1. The molecule has 12 nitrogen and oxygen atoms in total. The van der Waals surface area contributed by atoms with Crippen LogP contribution in [-0.4, -0.2) is 99.2 Å². The van der Waals surface area contributed by atoms with Crippen LogP contribution in [0.3, 0.4) is 0 Å². The summed E-state index contributed by atoms with van der Waals surface area (Å²) in [5.41, 5.74) is 2.28. The first-order valence-corrected chi connectivity index (χ1v) is 17.7. The molecule has 13 heteroatoms. The van der Waals surface area contributed by atoms with Gasteiger partial charge >= 0.3 is 6.09 Å². The van der Waals surface area contributed by atoms with Crippen molar-refractivity contribution in [2.24, 2.45) is 11.8 Å². The largest absolute Gasteiger partial charge is 0.443 e. The zero-order chi connectivity index (χ0) is 33.7. The van der Waals surface area contributed by atoms with Gasteiger partial charge in [-0.25, -0.2) is 13.2 Å². The van der Waals surface area contributed by atoms with Crippen LogP contribution < -0.4 is 10.6 Å². The Morgan fingerprint density at radius 3 is 2.66 bits per heavy atom. The topological polar surface area (TPSA) is 147 Å². The number of aliphatic hydroxyl groups excluding tert-OH is 1. The number of hydrogen-bond acceptors (Lipinski definition) is 9. The van der Waals surface area contributed by atoms with Crippen LogP contribution in [-0.2, 0) is 35.4 Å². The molecule has 2 aromatic rings. The first-order valence-electron chi connectivity index (χ1n) is 16.3. The summed E-state index contributed by atoms with van der Waals surface area (Å²) in [5, 5.41) is 17.2. The molecule has 0 aliphatic carbocycles. The molecule has 2 saturated heterocycles. The number of ether oxygens (including phenoxy) is 3. The van der Waals surface area contributed by atoms with Gasteiger partial charge in [-0.3, -0.25) is 4.79 Å². The second kappa shape index (κ2) is 15.2. The monoisotopic (exact) mass is 670 g/mol. The van der Waals surface area contributed by atoms with Crippen molar-refractivity contribution in [2.75, 3.05) is 45.2 Å². The second-order valence-electron chi connectivity index (χ2n) is 12.9. The number of amides is 2. The molecule has 2 amide bonds. The smallest absolute Gasteiger partial charge is 0.407 e. The third-order valence-electron chi connectivity index (χ3n) is 8.61. The van der Waals surface area contributed by atoms with Gasteiger partial charge in [0, 0.05) is 44.1 Å². The molecule has 2 fully saturated rings. The number of aliphatic hydroxyl groups is 1. The first kappa shape index (κ1) is 34.8. The van der Waals surface area contributed by atoms with E-state index >= 15 is 0 Å². The molecule has 5 atom stereocenters. The third-order valence-corrected chi connectivity index (χ3v) is 10.4. The highest BCUT2D eigenvalue weighted by molar-refractivity contribution is 7.89. The fraction of sp³-hybridized carbons (Fsp3) is 0.529. The van der Waals surface area contributed by atoms with Crippen molar-refractivity contribution in [1.29, 1.82) is 0 Å². The van der Waals surface area contributed by atoms with Gasteiger partial charge in [-0.05, 0) is 48.9 Å². The molecule has 3 heterocycles. The van der Waals surface area contributed by atoms with Crippen molar-refractivity contribution >= 4 is 33.3 Å². The minimum absolute atomic E-state index is 0.00573. The predicted molar refractivity (Wildman–Crippen MR) is 177 cm³/mol. The standard InChI is InChI=1S/C34H46N4O8S/c1-5-14-37(4)19-27-26-17-24(11-12-28(26)35-32(27)40)47(42,43)38(18-22(2)3)20-30(39)29(16-23-9-7-6-8-10-23)36-34(41)46-31-21-45-33-25(31)13-15-44-33/h6-12,17,19,22,25,29-31,33,39H,5,13-16,18,20-21H2,1-4H3,(H,35,40)(H,36,41). The Balaban J connectivity index is 1.37. The van der Waals surface area contributed by atoms with Crippen LogP contribution in [0, 0.1) is 11.8 Å². The van der Waals surface area contributed by atoms with Crippen molar-refractivity contribution in [2.45, 2.75) is 69.5 Å². The number of carbonyl (C=O) groups excluding carboxylic acids is 2. The predicted octanol–water partition coefficient (Wildman–Crippen LogP) is 3.43. The van der Waals surface area contributed by atoms with Crippen molar-refractivity contribution in [3.8, 4) is 0 Å². The number of rotatable bonds is 14. The average Bonchev–Trinajstić information content (AvgIpc) is 3.72. The van der Waals surface area contributed by atoms with Gasteiger partial charge in [0.05, 0.1) is 41.7 Å². The molecule has 5 unspecified atom stereocenters. The highest BCUT2D eigenvalue weighted by Gasteiger charge is 2.44. The van der Waals surface area contributed by atoms with E-state index in [0.29, 0.717) is 23.4 Å². The van der Waals surface area contributed by atoms with E-state index in [-0.39, 0.29) is 55.0 Å². The fourth-order valence-corrected chi connectivity index (χ4v) is 7.93. The molecule has 0 spiro atoms. The molecular weight excluding hydrogens is 624 g/mol. The lowest BCUT2D eigenvalue weighted by atomic mass is 10.0. The molecule has 47 heavy (non-hydrogen) atoms. The summed E-state index contributed by atoms with van der Waals surface area (Å²) in [6.45, 7) is 7.17. The Hall–Kier alpha value is -3.49. The van der Waals surface area contributed by atoms with Gasteiger partial charge in [0.2, 0.25) is 10.0 Å². The zero-order valence-electron chi connectivity index (χ0n) is 27.4. The Kier molecular flexibility index (Phi) is 11.2. The number of fused-ring (bicyclic) bond motifs is 2. The van der Waals surface area contributed by atoms with Crippen molar-refractivity contribution in [1.82, 2.24) is 14.5 Å². The Bertz CT molecular complexity index is 1550. The van der Waals surface area contributed by atoms with Crippen LogP contribution in [0.15, 0.2) is 59.6 Å². The van der Waals surface area contributed by atoms with Gasteiger partial charge in [0.15, 0.2) is 6.29 Å². The van der Waals surface area contributed by atoms with Crippen LogP contribution in [0.25, 0.3) is 5.57 Å². The SMILES string of the molecule is CCCN(C)C=C1C(=O)Nc2ccc(S(=O)(=O)N(CC(C)C)CC(O)C(Cc3ccccc3)NC(=O)OC3COC4OCCC34)cc21. The van der Waals surface area contributed by atoms with E-state index in [0.717, 1.165) is 24.9 Å². The molecule has 5 rings (SSSR count). The Labute approximate surface area is 277 Å². The van der Waals surface area contributed by atoms with E-state index in [9.17, 15) is 23.1 Å². The highest BCUT2D eigenvalue weighted by atomic mass is 32.2. The third kappa shape index (κ3) is 8.33. The number of hydrogen-bond donors (Lipinski definition) is 3. The lowest BCUT2D eigenvalue weighted by Gasteiger charge is -2.31. The Morgan fingerprint density at radius 2 is 1.94 bits per heavy atom. The summed E-state index contributed by atoms with van der Waals surface area (Å²) in [5.74, 6) is -0.416. The van der Waals surface area contributed by atoms with Crippen molar-refractivity contribution in [3.63, 3.8) is 0 Å². The number of nitrogens with one attached hydrogen (secondary N) is 2. The van der Waals surface area contributed by atoms with E-state index in [1.165, 1.54) is 16.4 Å². The van der Waals surface area contributed by atoms with Gasteiger partial charge in [0.1, 0.15) is 6.10 Å². The molecular formula is C34H46N4O8S. The van der Waals surface area contributed by atoms with Crippen molar-refractivity contribution < 1.29 is 37.3 Å². The van der Waals surface area contributed by atoms with Gasteiger partial charge in [-0.2, -0.15) is 4.31 Å². The maximum absolute atomic E-state index is 14.2. The molecule has 256 valence electrons. The number of carbonyl (C=O) groups is 2. The lowest BCUT2D eigenvalue weighted by Crippen LogP contribution is -2.51. The molecule has 0 bridgehead atoms. The maximum Gasteiger partial charge on any atom is 0.407 e. The van der Waals surface area contributed by atoms with E-state index in [1.54, 1.807) is 12.3 Å². The average molecular weight is 671 g/mol. The quantitative estimate of drug-likeness (QED) is 0.257. The lowest BCUT2D eigenvalue weighted by molar-refractivity contribution is -0.110. The van der Waals surface area contributed by atoms with Gasteiger partial charge in [-0.15, -0.1) is 0 Å². The van der Waals surface area contributed by atoms with Gasteiger partial charge in [-0.1, -0.05) is 51.1 Å². The zero-order valence-corrected chi connectivity index (χ0v) is 28.2. The van der Waals surface area contributed by atoms with E-state index < -0.39 is 34.4 Å². The number of alkyl carbamates (subject to hydrolysis) is 1. The van der Waals surface area contributed by atoms with E-state index in [4.69, 9.17) is 14.2 Å². The number of benzene rings is 2. The summed E-state index contributed by atoms with van der Waals surface area (Å²) in [4.78, 5) is 27.8. The minimum atomic E-state index is -4.14. The van der Waals surface area contributed by atoms with Crippen LogP contribution in [0.5, 0.6) is 0 Å². The molecule has 2 aromatic carbocycles. The van der Waals surface area contributed by atoms with E-state index in [2.05, 4.69) is 10.6 Å². The molecule has 0 saturated carbocycles. The van der Waals surface area contributed by atoms with Crippen LogP contribution in [0.4, 0.5) is 10.5 Å². The van der Waals surface area contributed by atoms with Gasteiger partial charge < -0.3 is 34.9 Å². The maximum atomic E-state index is 14.2. The first-order chi connectivity index (χ1) is 22.5. The summed E-state index contributed by atoms with van der Waals surface area (Å²) >= 11 is 0. The molecule has 3 aliphatic heterocycles. The number of sulfonamides is 1.